The van der Waals surface area contributed by atoms with Crippen molar-refractivity contribution in [1.82, 2.24) is 9.97 Å². The van der Waals surface area contributed by atoms with Crippen LogP contribution in [-0.2, 0) is 11.2 Å². The van der Waals surface area contributed by atoms with E-state index in [0.717, 1.165) is 0 Å². The lowest BCUT2D eigenvalue weighted by molar-refractivity contribution is -0.170. The number of hydrogen-bond donors (Lipinski definition) is 1. The largest absolute Gasteiger partial charge is 0.497 e. The molecule has 18 heavy (non-hydrogen) atoms. The number of imidazole rings is 1. The lowest BCUT2D eigenvalue weighted by Gasteiger charge is -2.01. The molecule has 1 aromatic heterocycles. The van der Waals surface area contributed by atoms with Gasteiger partial charge in [0.1, 0.15) is 11.6 Å². The molecule has 7 heteroatoms. The minimum Gasteiger partial charge on any atom is -0.497 e. The summed E-state index contributed by atoms with van der Waals surface area (Å²) in [5.74, 6) is -1.28. The van der Waals surface area contributed by atoms with Gasteiger partial charge in [-0.05, 0) is 12.1 Å². The zero-order chi connectivity index (χ0) is 13.3. The summed E-state index contributed by atoms with van der Waals surface area (Å²) in [6, 6.07) is 4.84. The number of hydrogen-bond acceptors (Lipinski definition) is 3. The number of benzene rings is 1. The topological polar surface area (TPSA) is 55.0 Å². The highest BCUT2D eigenvalue weighted by molar-refractivity contribution is 5.86. The molecule has 0 saturated heterocycles. The zero-order valence-corrected chi connectivity index (χ0v) is 9.34. The van der Waals surface area contributed by atoms with Crippen LogP contribution in [0.3, 0.4) is 0 Å². The number of halogens is 3. The van der Waals surface area contributed by atoms with Crippen LogP contribution in [0.1, 0.15) is 5.82 Å². The quantitative estimate of drug-likeness (QED) is 0.918. The van der Waals surface area contributed by atoms with Gasteiger partial charge < -0.3 is 9.72 Å². The average molecular weight is 258 g/mol. The third-order valence-corrected chi connectivity index (χ3v) is 2.38. The third kappa shape index (κ3) is 2.44. The van der Waals surface area contributed by atoms with Crippen LogP contribution in [0, 0.1) is 0 Å². The van der Waals surface area contributed by atoms with Gasteiger partial charge >= 0.3 is 6.18 Å². The van der Waals surface area contributed by atoms with E-state index in [0.29, 0.717) is 16.8 Å². The Balaban J connectivity index is 2.28. The average Bonchev–Trinajstić information content (AvgIpc) is 2.68. The van der Waals surface area contributed by atoms with Gasteiger partial charge in [-0.1, -0.05) is 0 Å². The van der Waals surface area contributed by atoms with E-state index in [1.807, 2.05) is 0 Å². The van der Waals surface area contributed by atoms with E-state index >= 15 is 0 Å². The van der Waals surface area contributed by atoms with Gasteiger partial charge in [-0.15, -0.1) is 0 Å². The minimum absolute atomic E-state index is 0.0134. The second-order valence-electron chi connectivity index (χ2n) is 3.66. The maximum absolute atomic E-state index is 12.1. The van der Waals surface area contributed by atoms with E-state index in [4.69, 9.17) is 4.74 Å². The molecule has 0 aliphatic heterocycles. The second-order valence-corrected chi connectivity index (χ2v) is 3.66. The van der Waals surface area contributed by atoms with Crippen molar-refractivity contribution in [3.05, 3.63) is 24.0 Å². The molecule has 0 spiro atoms. The van der Waals surface area contributed by atoms with Crippen molar-refractivity contribution in [3.63, 3.8) is 0 Å². The van der Waals surface area contributed by atoms with Crippen molar-refractivity contribution in [2.45, 2.75) is 12.6 Å². The van der Waals surface area contributed by atoms with Crippen molar-refractivity contribution in [1.29, 1.82) is 0 Å². The maximum atomic E-state index is 12.1. The molecular weight excluding hydrogens is 249 g/mol. The Kier molecular flexibility index (Phi) is 2.98. The molecule has 0 atom stereocenters. The number of alkyl halides is 3. The highest BCUT2D eigenvalue weighted by Crippen LogP contribution is 2.21. The fraction of sp³-hybridized carbons (Fsp3) is 0.273. The van der Waals surface area contributed by atoms with Gasteiger partial charge in [0.2, 0.25) is 5.78 Å². The number of ketones is 1. The number of Topliss-reactive ketones (excluding diaryl/α,β-unsaturated/α-hetero) is 1. The van der Waals surface area contributed by atoms with Crippen LogP contribution in [0.25, 0.3) is 11.0 Å². The molecule has 96 valence electrons. The van der Waals surface area contributed by atoms with Gasteiger partial charge in [0, 0.05) is 6.07 Å². The van der Waals surface area contributed by atoms with Gasteiger partial charge in [0.25, 0.3) is 0 Å². The van der Waals surface area contributed by atoms with Crippen LogP contribution in [0.4, 0.5) is 13.2 Å². The van der Waals surface area contributed by atoms with Crippen LogP contribution in [0.5, 0.6) is 5.75 Å². The second kappa shape index (κ2) is 4.32. The van der Waals surface area contributed by atoms with E-state index in [-0.39, 0.29) is 5.82 Å². The van der Waals surface area contributed by atoms with E-state index < -0.39 is 18.4 Å². The number of nitrogens with one attached hydrogen (secondary N) is 1. The van der Waals surface area contributed by atoms with Crippen LogP contribution >= 0.6 is 0 Å². The van der Waals surface area contributed by atoms with Gasteiger partial charge in [0.15, 0.2) is 0 Å². The Labute approximate surface area is 99.8 Å². The molecule has 2 rings (SSSR count). The van der Waals surface area contributed by atoms with Crippen LogP contribution in [-0.4, -0.2) is 29.0 Å². The first-order chi connectivity index (χ1) is 8.40. The molecular formula is C11H9F3N2O2. The molecule has 1 aromatic carbocycles. The summed E-state index contributed by atoms with van der Waals surface area (Å²) in [5, 5.41) is 0. The highest BCUT2D eigenvalue weighted by Gasteiger charge is 2.38. The third-order valence-electron chi connectivity index (χ3n) is 2.38. The Morgan fingerprint density at radius 1 is 1.44 bits per heavy atom. The molecule has 1 N–H and O–H groups in total. The summed E-state index contributed by atoms with van der Waals surface area (Å²) in [5.41, 5.74) is 1.01. The first-order valence-corrected chi connectivity index (χ1v) is 5.03. The number of fused-ring (bicyclic) bond motifs is 1. The number of rotatable bonds is 3. The van der Waals surface area contributed by atoms with E-state index in [2.05, 4.69) is 9.97 Å². The van der Waals surface area contributed by atoms with Crippen molar-refractivity contribution >= 4 is 16.8 Å². The summed E-state index contributed by atoms with van der Waals surface area (Å²) in [6.45, 7) is 0. The normalized spacial score (nSPS) is 11.8. The Morgan fingerprint density at radius 3 is 2.78 bits per heavy atom. The predicted octanol–water partition coefficient (Wildman–Crippen LogP) is 2.25. The molecule has 0 bridgehead atoms. The van der Waals surface area contributed by atoms with Crippen LogP contribution in [0.2, 0.25) is 0 Å². The number of ether oxygens (including phenoxy) is 1. The van der Waals surface area contributed by atoms with E-state index in [1.165, 1.54) is 7.11 Å². The van der Waals surface area contributed by atoms with E-state index in [1.54, 1.807) is 18.2 Å². The highest BCUT2D eigenvalue weighted by atomic mass is 19.4. The number of methoxy groups -OCH3 is 1. The molecule has 0 amide bonds. The standard InChI is InChI=1S/C11H9F3N2O2/c1-18-6-2-3-7-8(4-6)16-10(15-7)5-9(17)11(12,13)14/h2-4H,5H2,1H3,(H,15,16). The van der Waals surface area contributed by atoms with Gasteiger partial charge in [-0.25, -0.2) is 4.98 Å². The van der Waals surface area contributed by atoms with Gasteiger partial charge in [-0.2, -0.15) is 13.2 Å². The maximum Gasteiger partial charge on any atom is 0.450 e. The summed E-state index contributed by atoms with van der Waals surface area (Å²) in [4.78, 5) is 17.4. The molecule has 2 aromatic rings. The van der Waals surface area contributed by atoms with Crippen LogP contribution < -0.4 is 4.74 Å². The number of nitrogens with zero attached hydrogens (tertiary/aromatic N) is 1. The van der Waals surface area contributed by atoms with Gasteiger partial charge in [0.05, 0.1) is 24.6 Å². The fourth-order valence-corrected chi connectivity index (χ4v) is 1.50. The van der Waals surface area contributed by atoms with Crippen molar-refractivity contribution in [2.75, 3.05) is 7.11 Å². The number of carbonyl (C=O) groups excluding carboxylic acids is 1. The zero-order valence-electron chi connectivity index (χ0n) is 9.34. The molecule has 0 aliphatic rings. The lowest BCUT2D eigenvalue weighted by atomic mass is 10.3. The molecule has 1 heterocycles. The summed E-state index contributed by atoms with van der Waals surface area (Å²) >= 11 is 0. The smallest absolute Gasteiger partial charge is 0.450 e. The molecule has 0 unspecified atom stereocenters. The summed E-state index contributed by atoms with van der Waals surface area (Å²) < 4.78 is 41.3. The number of aromatic nitrogens is 2. The lowest BCUT2D eigenvalue weighted by Crippen LogP contribution is -2.24. The Bertz CT molecular complexity index is 589. The molecule has 4 nitrogen and oxygen atoms in total. The van der Waals surface area contributed by atoms with E-state index in [9.17, 15) is 18.0 Å². The predicted molar refractivity (Wildman–Crippen MR) is 57.4 cm³/mol. The summed E-state index contributed by atoms with van der Waals surface area (Å²) in [7, 11) is 1.48. The van der Waals surface area contributed by atoms with Crippen molar-refractivity contribution in [3.8, 4) is 5.75 Å². The summed E-state index contributed by atoms with van der Waals surface area (Å²) in [6.07, 6.45) is -5.63. The number of H-pyrrole nitrogens is 1. The van der Waals surface area contributed by atoms with Crippen molar-refractivity contribution in [2.24, 2.45) is 0 Å². The van der Waals surface area contributed by atoms with Crippen LogP contribution in [0.15, 0.2) is 18.2 Å². The molecule has 0 fully saturated rings. The first kappa shape index (κ1) is 12.4. The minimum atomic E-state index is -4.84. The van der Waals surface area contributed by atoms with Gasteiger partial charge in [-0.3, -0.25) is 4.79 Å². The fourth-order valence-electron chi connectivity index (χ4n) is 1.50. The Hall–Kier alpha value is -2.05. The molecule has 0 radical (unpaired) electrons. The Morgan fingerprint density at radius 2 is 2.17 bits per heavy atom. The van der Waals surface area contributed by atoms with Crippen molar-refractivity contribution < 1.29 is 22.7 Å². The number of carbonyl (C=O) groups is 1. The number of aromatic amines is 1. The monoisotopic (exact) mass is 258 g/mol. The first-order valence-electron chi connectivity index (χ1n) is 5.03. The molecule has 0 aliphatic carbocycles. The molecule has 0 saturated carbocycles. The SMILES string of the molecule is COc1ccc2nc(CC(=O)C(F)(F)F)[nH]c2c1.